The second-order valence-electron chi connectivity index (χ2n) is 7.20. The molecule has 0 aromatic heterocycles. The number of amides is 3. The third kappa shape index (κ3) is 11.2. The fourth-order valence-electron chi connectivity index (χ4n) is 2.30. The topological polar surface area (TPSA) is 181 Å². The molecule has 0 aliphatic carbocycles. The van der Waals surface area contributed by atoms with Crippen molar-refractivity contribution in [3.8, 4) is 12.1 Å². The van der Waals surface area contributed by atoms with Crippen LogP contribution in [-0.4, -0.2) is 53.2 Å². The Labute approximate surface area is 169 Å². The van der Waals surface area contributed by atoms with Crippen molar-refractivity contribution in [2.75, 3.05) is 13.1 Å². The molecule has 11 nitrogen and oxygen atoms in total. The second kappa shape index (κ2) is 12.2. The Bertz CT molecular complexity index is 668. The molecule has 0 saturated heterocycles. The van der Waals surface area contributed by atoms with E-state index in [1.807, 2.05) is 12.1 Å². The maximum atomic E-state index is 12.7. The first-order valence-corrected chi connectivity index (χ1v) is 8.97. The number of carboxylic acid groups (broad SMARTS) is 1. The molecule has 0 radical (unpaired) electrons. The molecule has 0 heterocycles. The van der Waals surface area contributed by atoms with Gasteiger partial charge in [0.2, 0.25) is 11.8 Å². The highest BCUT2D eigenvalue weighted by Crippen LogP contribution is 2.20. The number of carboxylic acids is 1. The van der Waals surface area contributed by atoms with Crippen LogP contribution in [0.2, 0.25) is 0 Å². The molecule has 160 valence electrons. The first kappa shape index (κ1) is 25.7. The van der Waals surface area contributed by atoms with Crippen LogP contribution >= 0.6 is 0 Å². The van der Waals surface area contributed by atoms with Crippen molar-refractivity contribution in [3.63, 3.8) is 0 Å². The van der Waals surface area contributed by atoms with E-state index in [4.69, 9.17) is 20.4 Å². The van der Waals surface area contributed by atoms with E-state index >= 15 is 0 Å². The Kier molecular flexibility index (Phi) is 10.8. The molecule has 4 N–H and O–H groups in total. The predicted octanol–water partition coefficient (Wildman–Crippen LogP) is 0.565. The minimum Gasteiger partial charge on any atom is -0.481 e. The summed E-state index contributed by atoms with van der Waals surface area (Å²) in [7, 11) is 0. The van der Waals surface area contributed by atoms with Crippen LogP contribution in [0.4, 0.5) is 4.79 Å². The summed E-state index contributed by atoms with van der Waals surface area (Å²) in [6.45, 7) is 4.30. The van der Waals surface area contributed by atoms with Crippen LogP contribution in [0.25, 0.3) is 0 Å². The van der Waals surface area contributed by atoms with Gasteiger partial charge in [-0.3, -0.25) is 14.4 Å². The quantitative estimate of drug-likeness (QED) is 0.382. The van der Waals surface area contributed by atoms with E-state index in [1.54, 1.807) is 20.8 Å². The van der Waals surface area contributed by atoms with Crippen LogP contribution in [0.1, 0.15) is 52.9 Å². The lowest BCUT2D eigenvalue weighted by Crippen LogP contribution is -2.60. The molecule has 0 spiro atoms. The molecule has 0 aliphatic rings. The third-order valence-corrected chi connectivity index (χ3v) is 3.56. The normalized spacial score (nSPS) is 10.8. The summed E-state index contributed by atoms with van der Waals surface area (Å²) in [5.41, 5.74) is -2.34. The van der Waals surface area contributed by atoms with Gasteiger partial charge in [-0.2, -0.15) is 10.5 Å². The van der Waals surface area contributed by atoms with Gasteiger partial charge in [0.15, 0.2) is 0 Å². The number of hydrogen-bond donors (Lipinski definition) is 4. The zero-order valence-electron chi connectivity index (χ0n) is 16.8. The summed E-state index contributed by atoms with van der Waals surface area (Å²) in [6, 6.07) is 3.76. The molecule has 0 aliphatic heterocycles. The number of nitriles is 2. The van der Waals surface area contributed by atoms with Gasteiger partial charge in [0.1, 0.15) is 17.7 Å². The van der Waals surface area contributed by atoms with E-state index in [-0.39, 0.29) is 38.6 Å². The van der Waals surface area contributed by atoms with E-state index in [2.05, 4.69) is 16.0 Å². The fourth-order valence-corrected chi connectivity index (χ4v) is 2.30. The Hall–Kier alpha value is -3.34. The zero-order chi connectivity index (χ0) is 22.5. The third-order valence-electron chi connectivity index (χ3n) is 3.56. The number of hydrogen-bond acceptors (Lipinski definition) is 7. The lowest BCUT2D eigenvalue weighted by Gasteiger charge is -2.32. The van der Waals surface area contributed by atoms with Crippen molar-refractivity contribution < 1.29 is 29.0 Å². The maximum Gasteiger partial charge on any atom is 0.408 e. The van der Waals surface area contributed by atoms with Crippen molar-refractivity contribution in [1.82, 2.24) is 16.0 Å². The Morgan fingerprint density at radius 1 is 1.00 bits per heavy atom. The van der Waals surface area contributed by atoms with Crippen molar-refractivity contribution in [3.05, 3.63) is 0 Å². The number of alkyl carbamates (subject to hydrolysis) is 1. The van der Waals surface area contributed by atoms with Crippen molar-refractivity contribution in [1.29, 1.82) is 10.5 Å². The summed E-state index contributed by atoms with van der Waals surface area (Å²) >= 11 is 0. The number of aliphatic carboxylic acids is 1. The molecule has 0 saturated carbocycles. The van der Waals surface area contributed by atoms with Gasteiger partial charge in [-0.15, -0.1) is 0 Å². The van der Waals surface area contributed by atoms with Gasteiger partial charge in [0.05, 0.1) is 18.6 Å². The predicted molar refractivity (Wildman–Crippen MR) is 100 cm³/mol. The number of carbonyl (C=O) groups excluding carboxylic acids is 3. The molecular formula is C18H27N5O6. The van der Waals surface area contributed by atoms with Crippen LogP contribution in [0.5, 0.6) is 0 Å². The van der Waals surface area contributed by atoms with Crippen molar-refractivity contribution >= 4 is 23.9 Å². The van der Waals surface area contributed by atoms with Gasteiger partial charge >= 0.3 is 12.1 Å². The molecule has 29 heavy (non-hydrogen) atoms. The zero-order valence-corrected chi connectivity index (χ0v) is 16.8. The molecule has 11 heteroatoms. The molecule has 0 atom stereocenters. The minimum absolute atomic E-state index is 0.0811. The summed E-state index contributed by atoms with van der Waals surface area (Å²) in [5, 5.41) is 33.6. The summed E-state index contributed by atoms with van der Waals surface area (Å²) in [5.74, 6) is -2.54. The molecule has 0 aromatic carbocycles. The average Bonchev–Trinajstić information content (AvgIpc) is 2.60. The first-order valence-electron chi connectivity index (χ1n) is 8.97. The number of carbonyl (C=O) groups is 4. The molecule has 0 aromatic rings. The van der Waals surface area contributed by atoms with E-state index in [1.165, 1.54) is 0 Å². The van der Waals surface area contributed by atoms with Gasteiger partial charge < -0.3 is 25.8 Å². The molecule has 0 bridgehead atoms. The number of nitrogens with zero attached hydrogens (tertiary/aromatic N) is 2. The smallest absolute Gasteiger partial charge is 0.408 e. The Morgan fingerprint density at radius 2 is 1.55 bits per heavy atom. The monoisotopic (exact) mass is 409 g/mol. The largest absolute Gasteiger partial charge is 0.481 e. The Balaban J connectivity index is 5.23. The Morgan fingerprint density at radius 3 is 2.00 bits per heavy atom. The highest BCUT2D eigenvalue weighted by Gasteiger charge is 2.39. The fraction of sp³-hybridized carbons (Fsp3) is 0.667. The van der Waals surface area contributed by atoms with Gasteiger partial charge in [0.25, 0.3) is 0 Å². The SMILES string of the molecule is CC(C)(C)OC(=O)NCC(=O)NC(CCC#N)(CCC#N)C(=O)NCCC(=O)O. The summed E-state index contributed by atoms with van der Waals surface area (Å²) < 4.78 is 5.02. The van der Waals surface area contributed by atoms with Crippen LogP contribution < -0.4 is 16.0 Å². The van der Waals surface area contributed by atoms with E-state index in [0.717, 1.165) is 0 Å². The van der Waals surface area contributed by atoms with E-state index in [9.17, 15) is 19.2 Å². The summed E-state index contributed by atoms with van der Waals surface area (Å²) in [4.78, 5) is 47.3. The number of ether oxygens (including phenoxy) is 1. The highest BCUT2D eigenvalue weighted by atomic mass is 16.6. The van der Waals surface area contributed by atoms with Crippen LogP contribution in [0.15, 0.2) is 0 Å². The lowest BCUT2D eigenvalue weighted by atomic mass is 9.87. The van der Waals surface area contributed by atoms with Gasteiger partial charge in [-0.1, -0.05) is 0 Å². The highest BCUT2D eigenvalue weighted by molar-refractivity contribution is 5.93. The van der Waals surface area contributed by atoms with Gasteiger partial charge in [-0.25, -0.2) is 4.79 Å². The van der Waals surface area contributed by atoms with Gasteiger partial charge in [-0.05, 0) is 33.6 Å². The summed E-state index contributed by atoms with van der Waals surface area (Å²) in [6.07, 6.45) is -1.48. The lowest BCUT2D eigenvalue weighted by molar-refractivity contribution is -0.137. The first-order chi connectivity index (χ1) is 13.5. The van der Waals surface area contributed by atoms with Crippen LogP contribution in [-0.2, 0) is 19.1 Å². The van der Waals surface area contributed by atoms with Crippen LogP contribution in [0.3, 0.4) is 0 Å². The van der Waals surface area contributed by atoms with Crippen LogP contribution in [0, 0.1) is 22.7 Å². The average molecular weight is 409 g/mol. The second-order valence-corrected chi connectivity index (χ2v) is 7.20. The van der Waals surface area contributed by atoms with Gasteiger partial charge in [0, 0.05) is 19.4 Å². The number of nitrogens with one attached hydrogen (secondary N) is 3. The molecule has 0 fully saturated rings. The van der Waals surface area contributed by atoms with Crippen molar-refractivity contribution in [2.45, 2.75) is 64.0 Å². The number of rotatable bonds is 11. The standard InChI is InChI=1S/C18H27N5O6/c1-17(2,3)29-16(28)22-12-13(24)23-18(7-4-9-19,8-5-10-20)15(27)21-11-6-14(25)26/h4-8,11-12H2,1-3H3,(H,21,27)(H,22,28)(H,23,24)(H,25,26). The van der Waals surface area contributed by atoms with E-state index in [0.29, 0.717) is 0 Å². The molecular weight excluding hydrogens is 382 g/mol. The maximum absolute atomic E-state index is 12.7. The molecule has 3 amide bonds. The van der Waals surface area contributed by atoms with E-state index < -0.39 is 41.6 Å². The minimum atomic E-state index is -1.59. The van der Waals surface area contributed by atoms with Crippen molar-refractivity contribution in [2.24, 2.45) is 0 Å². The molecule has 0 rings (SSSR count). The molecule has 0 unspecified atom stereocenters.